The summed E-state index contributed by atoms with van der Waals surface area (Å²) in [5.41, 5.74) is 1.08. The molecule has 6 heteroatoms. The fourth-order valence-electron chi connectivity index (χ4n) is 1.21. The van der Waals surface area contributed by atoms with E-state index in [4.69, 9.17) is 11.6 Å². The van der Waals surface area contributed by atoms with E-state index in [1.54, 1.807) is 18.2 Å². The molecule has 0 aliphatic rings. The van der Waals surface area contributed by atoms with Crippen molar-refractivity contribution in [3.05, 3.63) is 47.5 Å². The van der Waals surface area contributed by atoms with E-state index < -0.39 is 6.03 Å². The Morgan fingerprint density at radius 3 is 2.63 bits per heavy atom. The van der Waals surface area contributed by atoms with Crippen LogP contribution < -0.4 is 10.6 Å². The van der Waals surface area contributed by atoms with Crippen LogP contribution in [0.4, 0.5) is 4.79 Å². The lowest BCUT2D eigenvalue weighted by molar-refractivity contribution is -0.117. The number of rotatable bonds is 6. The number of nitrogens with one attached hydrogen (secondary N) is 2. The van der Waals surface area contributed by atoms with Crippen molar-refractivity contribution in [2.24, 2.45) is 0 Å². The molecule has 0 heterocycles. The second kappa shape index (κ2) is 8.61. The van der Waals surface area contributed by atoms with Crippen LogP contribution in [0.3, 0.4) is 0 Å². The van der Waals surface area contributed by atoms with Crippen molar-refractivity contribution in [3.63, 3.8) is 0 Å². The monoisotopic (exact) mass is 298 g/mol. The quantitative estimate of drug-likeness (QED) is 0.794. The molecule has 0 saturated carbocycles. The highest BCUT2D eigenvalue weighted by atomic mass is 35.5. The van der Waals surface area contributed by atoms with Crippen LogP contribution in [0.5, 0.6) is 0 Å². The van der Waals surface area contributed by atoms with Crippen molar-refractivity contribution in [2.45, 2.75) is 5.75 Å². The van der Waals surface area contributed by atoms with E-state index in [-0.39, 0.29) is 11.7 Å². The number of halogens is 1. The van der Waals surface area contributed by atoms with Crippen molar-refractivity contribution >= 4 is 35.3 Å². The Bertz CT molecular complexity index is 448. The van der Waals surface area contributed by atoms with Gasteiger partial charge in [0.2, 0.25) is 5.91 Å². The number of imide groups is 1. The van der Waals surface area contributed by atoms with Gasteiger partial charge in [-0.3, -0.25) is 10.1 Å². The number of benzene rings is 1. The molecular formula is C13H15ClN2O2S. The molecule has 102 valence electrons. The smallest absolute Gasteiger partial charge is 0.321 e. The first-order valence-corrected chi connectivity index (χ1v) is 7.16. The normalized spacial score (nSPS) is 9.74. The van der Waals surface area contributed by atoms with Gasteiger partial charge in [0.05, 0.1) is 5.75 Å². The first-order valence-electron chi connectivity index (χ1n) is 5.62. The Balaban J connectivity index is 2.21. The van der Waals surface area contributed by atoms with Crippen LogP contribution in [0.1, 0.15) is 5.56 Å². The summed E-state index contributed by atoms with van der Waals surface area (Å²) in [6.45, 7) is 3.79. The largest absolute Gasteiger partial charge is 0.334 e. The molecule has 0 bridgehead atoms. The molecule has 1 rings (SSSR count). The van der Waals surface area contributed by atoms with Gasteiger partial charge < -0.3 is 5.32 Å². The molecule has 1 aromatic carbocycles. The molecule has 0 radical (unpaired) electrons. The molecule has 19 heavy (non-hydrogen) atoms. The highest BCUT2D eigenvalue weighted by Gasteiger charge is 2.06. The summed E-state index contributed by atoms with van der Waals surface area (Å²) in [4.78, 5) is 22.6. The molecule has 0 spiro atoms. The van der Waals surface area contributed by atoms with Gasteiger partial charge in [-0.1, -0.05) is 29.8 Å². The summed E-state index contributed by atoms with van der Waals surface area (Å²) in [7, 11) is 0. The fraction of sp³-hybridized carbons (Fsp3) is 0.231. The van der Waals surface area contributed by atoms with Crippen molar-refractivity contribution in [1.29, 1.82) is 0 Å². The van der Waals surface area contributed by atoms with Crippen molar-refractivity contribution in [2.75, 3.05) is 12.3 Å². The number of hydrogen-bond acceptors (Lipinski definition) is 3. The van der Waals surface area contributed by atoms with Gasteiger partial charge in [-0.2, -0.15) is 0 Å². The average molecular weight is 299 g/mol. The fourth-order valence-corrected chi connectivity index (χ4v) is 2.13. The maximum absolute atomic E-state index is 11.4. The highest BCUT2D eigenvalue weighted by Crippen LogP contribution is 2.15. The van der Waals surface area contributed by atoms with Gasteiger partial charge in [-0.25, -0.2) is 4.79 Å². The maximum Gasteiger partial charge on any atom is 0.321 e. The second-order valence-corrected chi connectivity index (χ2v) is 5.09. The van der Waals surface area contributed by atoms with Gasteiger partial charge in [0.15, 0.2) is 0 Å². The molecule has 0 aliphatic heterocycles. The molecule has 0 unspecified atom stereocenters. The van der Waals surface area contributed by atoms with Crippen LogP contribution in [0.15, 0.2) is 36.9 Å². The van der Waals surface area contributed by atoms with Crippen LogP contribution in [0.25, 0.3) is 0 Å². The molecule has 0 aromatic heterocycles. The molecule has 3 amide bonds. The maximum atomic E-state index is 11.4. The molecule has 0 aliphatic carbocycles. The van der Waals surface area contributed by atoms with Crippen LogP contribution >= 0.6 is 23.4 Å². The van der Waals surface area contributed by atoms with Gasteiger partial charge in [-0.05, 0) is 17.7 Å². The summed E-state index contributed by atoms with van der Waals surface area (Å²) in [6.07, 6.45) is 1.54. The predicted molar refractivity (Wildman–Crippen MR) is 79.4 cm³/mol. The summed E-state index contributed by atoms with van der Waals surface area (Å²) >= 11 is 7.20. The first-order chi connectivity index (χ1) is 9.11. The number of thioether (sulfide) groups is 1. The van der Waals surface area contributed by atoms with Gasteiger partial charge in [0, 0.05) is 17.3 Å². The first kappa shape index (κ1) is 15.6. The second-order valence-electron chi connectivity index (χ2n) is 3.67. The van der Waals surface area contributed by atoms with Crippen LogP contribution in [0.2, 0.25) is 5.02 Å². The third-order valence-corrected chi connectivity index (χ3v) is 3.33. The third-order valence-electron chi connectivity index (χ3n) is 2.08. The summed E-state index contributed by atoms with van der Waals surface area (Å²) in [5.74, 6) is 0.601. The minimum Gasteiger partial charge on any atom is -0.334 e. The summed E-state index contributed by atoms with van der Waals surface area (Å²) in [5, 5.41) is 5.38. The van der Waals surface area contributed by atoms with Gasteiger partial charge in [0.25, 0.3) is 0 Å². The van der Waals surface area contributed by atoms with Gasteiger partial charge >= 0.3 is 6.03 Å². The zero-order chi connectivity index (χ0) is 14.1. The zero-order valence-corrected chi connectivity index (χ0v) is 11.9. The minimum absolute atomic E-state index is 0.226. The Labute approximate surface area is 121 Å². The van der Waals surface area contributed by atoms with E-state index in [9.17, 15) is 9.59 Å². The van der Waals surface area contributed by atoms with Crippen molar-refractivity contribution in [1.82, 2.24) is 10.6 Å². The zero-order valence-electron chi connectivity index (χ0n) is 10.3. The van der Waals surface area contributed by atoms with E-state index >= 15 is 0 Å². The number of carbonyl (C=O) groups is 2. The molecule has 2 N–H and O–H groups in total. The van der Waals surface area contributed by atoms with Crippen molar-refractivity contribution < 1.29 is 9.59 Å². The Kier molecular flexibility index (Phi) is 7.07. The number of carbonyl (C=O) groups excluding carboxylic acids is 2. The number of urea groups is 1. The lowest BCUT2D eigenvalue weighted by Gasteiger charge is -2.05. The van der Waals surface area contributed by atoms with E-state index in [2.05, 4.69) is 17.2 Å². The minimum atomic E-state index is -0.503. The summed E-state index contributed by atoms with van der Waals surface area (Å²) in [6, 6.07) is 6.92. The Hall–Kier alpha value is -1.46. The SMILES string of the molecule is C=CCNC(=O)NC(=O)CSCc1ccc(Cl)cc1. The molecular weight excluding hydrogens is 284 g/mol. The topological polar surface area (TPSA) is 58.2 Å². The molecule has 0 atom stereocenters. The lowest BCUT2D eigenvalue weighted by atomic mass is 10.2. The van der Waals surface area contributed by atoms with Crippen molar-refractivity contribution in [3.8, 4) is 0 Å². The van der Waals surface area contributed by atoms with Crippen LogP contribution in [-0.4, -0.2) is 24.2 Å². The predicted octanol–water partition coefficient (Wildman–Crippen LogP) is 2.59. The van der Waals surface area contributed by atoms with E-state index in [1.807, 2.05) is 12.1 Å². The third kappa shape index (κ3) is 6.88. The van der Waals surface area contributed by atoms with E-state index in [1.165, 1.54) is 11.8 Å². The average Bonchev–Trinajstić information content (AvgIpc) is 2.38. The molecule has 1 aromatic rings. The number of hydrogen-bond donors (Lipinski definition) is 2. The summed E-state index contributed by atoms with van der Waals surface area (Å²) < 4.78 is 0. The van der Waals surface area contributed by atoms with Gasteiger partial charge in [0.1, 0.15) is 0 Å². The Morgan fingerprint density at radius 2 is 2.00 bits per heavy atom. The molecule has 0 fully saturated rings. The van der Waals surface area contributed by atoms with E-state index in [0.29, 0.717) is 17.3 Å². The van der Waals surface area contributed by atoms with Crippen LogP contribution in [0, 0.1) is 0 Å². The van der Waals surface area contributed by atoms with Crippen LogP contribution in [-0.2, 0) is 10.5 Å². The van der Waals surface area contributed by atoms with Gasteiger partial charge in [-0.15, -0.1) is 18.3 Å². The standard InChI is InChI=1S/C13H15ClN2O2S/c1-2-7-15-13(18)16-12(17)9-19-8-10-3-5-11(14)6-4-10/h2-6H,1,7-9H2,(H2,15,16,17,18). The Morgan fingerprint density at radius 1 is 1.32 bits per heavy atom. The molecule has 4 nitrogen and oxygen atoms in total. The van der Waals surface area contributed by atoms with E-state index in [0.717, 1.165) is 5.56 Å². The highest BCUT2D eigenvalue weighted by molar-refractivity contribution is 7.99. The number of amides is 3. The lowest BCUT2D eigenvalue weighted by Crippen LogP contribution is -2.40. The molecule has 0 saturated heterocycles.